The maximum absolute atomic E-state index is 11.4. The second kappa shape index (κ2) is 6.03. The Balaban J connectivity index is 1.60. The number of nitrogens with zero attached hydrogens (tertiary/aromatic N) is 2. The van der Waals surface area contributed by atoms with Crippen LogP contribution in [0.4, 0.5) is 0 Å². The van der Waals surface area contributed by atoms with E-state index in [1.54, 1.807) is 35.6 Å². The van der Waals surface area contributed by atoms with Gasteiger partial charge in [-0.1, -0.05) is 23.5 Å². The molecular weight excluding hydrogens is 340 g/mol. The van der Waals surface area contributed by atoms with E-state index in [9.17, 15) is 9.59 Å². The van der Waals surface area contributed by atoms with Gasteiger partial charge in [-0.05, 0) is 36.4 Å². The quantitative estimate of drug-likeness (QED) is 0.345. The molecule has 2 aromatic heterocycles. The third-order valence-corrected chi connectivity index (χ3v) is 4.71. The normalized spacial score (nSPS) is 11.0. The summed E-state index contributed by atoms with van der Waals surface area (Å²) in [5, 5.41) is 8.57. The molecule has 0 saturated heterocycles. The van der Waals surface area contributed by atoms with Crippen molar-refractivity contribution >= 4 is 38.5 Å². The highest BCUT2D eigenvalue weighted by molar-refractivity contribution is 7.23. The molecule has 0 aliphatic rings. The summed E-state index contributed by atoms with van der Waals surface area (Å²) in [5.74, 6) is -1.71. The molecule has 0 bridgehead atoms. The zero-order valence-electron chi connectivity index (χ0n) is 12.9. The Kier molecular flexibility index (Phi) is 3.70. The van der Waals surface area contributed by atoms with Gasteiger partial charge in [0.25, 0.3) is 0 Å². The third kappa shape index (κ3) is 2.97. The third-order valence-electron chi connectivity index (χ3n) is 3.68. The molecule has 4 aromatic rings. The molecule has 0 radical (unpaired) electrons. The molecule has 0 unspecified atom stereocenters. The van der Waals surface area contributed by atoms with Gasteiger partial charge in [0.15, 0.2) is 4.96 Å². The molecule has 2 heterocycles. The van der Waals surface area contributed by atoms with E-state index >= 15 is 0 Å². The summed E-state index contributed by atoms with van der Waals surface area (Å²) in [7, 11) is 0. The van der Waals surface area contributed by atoms with Crippen molar-refractivity contribution in [2.75, 3.05) is 0 Å². The van der Waals surface area contributed by atoms with E-state index in [1.807, 2.05) is 18.3 Å². The first-order valence-electron chi connectivity index (χ1n) is 7.50. The average molecular weight is 352 g/mol. The standard InChI is InChI=1S/C18H12N2O4S/c21-16(22)9-17(23)24-12-7-5-11(6-8-12)13-10-20-14-3-1-2-4-15(14)25-18(20)19-13/h1-8,10H,9H2,(H,21,22). The van der Waals surface area contributed by atoms with Crippen molar-refractivity contribution in [3.05, 3.63) is 54.7 Å². The summed E-state index contributed by atoms with van der Waals surface area (Å²) < 4.78 is 8.20. The SMILES string of the molecule is O=C(O)CC(=O)Oc1ccc(-c2cn3c(n2)sc2ccccc23)cc1. The molecule has 0 spiro atoms. The number of rotatable bonds is 4. The topological polar surface area (TPSA) is 80.9 Å². The van der Waals surface area contributed by atoms with Crippen molar-refractivity contribution in [3.63, 3.8) is 0 Å². The highest BCUT2D eigenvalue weighted by Gasteiger charge is 2.12. The largest absolute Gasteiger partial charge is 0.481 e. The number of ether oxygens (including phenoxy) is 1. The van der Waals surface area contributed by atoms with Crippen molar-refractivity contribution in [1.82, 2.24) is 9.38 Å². The fourth-order valence-corrected chi connectivity index (χ4v) is 3.58. The van der Waals surface area contributed by atoms with E-state index in [4.69, 9.17) is 9.84 Å². The fourth-order valence-electron chi connectivity index (χ4n) is 2.57. The molecule has 7 heteroatoms. The Hall–Kier alpha value is -3.19. The molecular formula is C18H12N2O4S. The Morgan fingerprint density at radius 1 is 1.12 bits per heavy atom. The van der Waals surface area contributed by atoms with Gasteiger partial charge in [0, 0.05) is 11.8 Å². The first-order chi connectivity index (χ1) is 12.1. The lowest BCUT2D eigenvalue weighted by molar-refractivity contribution is -0.145. The molecule has 0 atom stereocenters. The van der Waals surface area contributed by atoms with Crippen molar-refractivity contribution in [2.24, 2.45) is 0 Å². The van der Waals surface area contributed by atoms with Gasteiger partial charge in [-0.25, -0.2) is 4.98 Å². The Morgan fingerprint density at radius 2 is 1.88 bits per heavy atom. The van der Waals surface area contributed by atoms with Gasteiger partial charge in [-0.15, -0.1) is 0 Å². The number of benzene rings is 2. The monoisotopic (exact) mass is 352 g/mol. The van der Waals surface area contributed by atoms with Crippen molar-refractivity contribution in [2.45, 2.75) is 6.42 Å². The van der Waals surface area contributed by atoms with E-state index in [1.165, 1.54) is 4.70 Å². The predicted molar refractivity (Wildman–Crippen MR) is 93.9 cm³/mol. The van der Waals surface area contributed by atoms with Crippen molar-refractivity contribution < 1.29 is 19.4 Å². The molecule has 6 nitrogen and oxygen atoms in total. The van der Waals surface area contributed by atoms with Crippen LogP contribution in [-0.4, -0.2) is 26.4 Å². The highest BCUT2D eigenvalue weighted by atomic mass is 32.1. The summed E-state index contributed by atoms with van der Waals surface area (Å²) >= 11 is 1.62. The van der Waals surface area contributed by atoms with Crippen LogP contribution >= 0.6 is 11.3 Å². The van der Waals surface area contributed by atoms with Crippen LogP contribution in [0.5, 0.6) is 5.75 Å². The molecule has 124 valence electrons. The van der Waals surface area contributed by atoms with Crippen LogP contribution in [-0.2, 0) is 9.59 Å². The molecule has 0 fully saturated rings. The number of aromatic nitrogens is 2. The predicted octanol–water partition coefficient (Wildman–Crippen LogP) is 3.60. The molecule has 0 aliphatic heterocycles. The minimum absolute atomic E-state index is 0.307. The number of fused-ring (bicyclic) bond motifs is 3. The maximum atomic E-state index is 11.4. The maximum Gasteiger partial charge on any atom is 0.322 e. The van der Waals surface area contributed by atoms with Crippen LogP contribution < -0.4 is 4.74 Å². The number of carbonyl (C=O) groups excluding carboxylic acids is 1. The molecule has 0 saturated carbocycles. The van der Waals surface area contributed by atoms with Gasteiger partial charge in [0.05, 0.1) is 15.9 Å². The molecule has 4 rings (SSSR count). The van der Waals surface area contributed by atoms with Gasteiger partial charge in [0.2, 0.25) is 0 Å². The van der Waals surface area contributed by atoms with E-state index in [2.05, 4.69) is 21.5 Å². The molecule has 2 aromatic carbocycles. The van der Waals surface area contributed by atoms with Crippen molar-refractivity contribution in [1.29, 1.82) is 0 Å². The van der Waals surface area contributed by atoms with Crippen LogP contribution in [0.25, 0.3) is 26.4 Å². The fraction of sp³-hybridized carbons (Fsp3) is 0.0556. The summed E-state index contributed by atoms with van der Waals surface area (Å²) in [6.07, 6.45) is 1.31. The number of para-hydroxylation sites is 1. The molecule has 0 aliphatic carbocycles. The summed E-state index contributed by atoms with van der Waals surface area (Å²) in [5.41, 5.74) is 2.82. The molecule has 0 amide bonds. The first-order valence-corrected chi connectivity index (χ1v) is 8.31. The minimum atomic E-state index is -1.22. The number of thiazole rings is 1. The van der Waals surface area contributed by atoms with Gasteiger partial charge in [-0.3, -0.25) is 14.0 Å². The zero-order valence-corrected chi connectivity index (χ0v) is 13.7. The number of carbonyl (C=O) groups is 2. The Bertz CT molecular complexity index is 1100. The van der Waals surface area contributed by atoms with E-state index in [0.717, 1.165) is 21.7 Å². The second-order valence-electron chi connectivity index (χ2n) is 5.42. The van der Waals surface area contributed by atoms with Gasteiger partial charge in [0.1, 0.15) is 12.2 Å². The number of esters is 1. The summed E-state index contributed by atoms with van der Waals surface area (Å²) in [4.78, 5) is 27.4. The van der Waals surface area contributed by atoms with Crippen LogP contribution in [0.3, 0.4) is 0 Å². The Morgan fingerprint density at radius 3 is 2.64 bits per heavy atom. The lowest BCUT2D eigenvalue weighted by Gasteiger charge is -2.03. The molecule has 25 heavy (non-hydrogen) atoms. The number of aliphatic carboxylic acids is 1. The molecule has 1 N–H and O–H groups in total. The van der Waals surface area contributed by atoms with E-state index in [-0.39, 0.29) is 0 Å². The number of hydrogen-bond acceptors (Lipinski definition) is 5. The number of carboxylic acids is 1. The number of carboxylic acid groups (broad SMARTS) is 1. The zero-order chi connectivity index (χ0) is 17.4. The van der Waals surface area contributed by atoms with E-state index < -0.39 is 18.4 Å². The second-order valence-corrected chi connectivity index (χ2v) is 6.43. The van der Waals surface area contributed by atoms with Crippen molar-refractivity contribution in [3.8, 4) is 17.0 Å². The first kappa shape index (κ1) is 15.3. The van der Waals surface area contributed by atoms with Gasteiger partial charge in [-0.2, -0.15) is 0 Å². The van der Waals surface area contributed by atoms with Crippen LogP contribution in [0.2, 0.25) is 0 Å². The van der Waals surface area contributed by atoms with Crippen LogP contribution in [0, 0.1) is 0 Å². The summed E-state index contributed by atoms with van der Waals surface area (Å²) in [6, 6.07) is 14.9. The van der Waals surface area contributed by atoms with Gasteiger partial charge >= 0.3 is 11.9 Å². The van der Waals surface area contributed by atoms with E-state index in [0.29, 0.717) is 5.75 Å². The lowest BCUT2D eigenvalue weighted by atomic mass is 10.1. The van der Waals surface area contributed by atoms with Gasteiger partial charge < -0.3 is 9.84 Å². The summed E-state index contributed by atoms with van der Waals surface area (Å²) in [6.45, 7) is 0. The lowest BCUT2D eigenvalue weighted by Crippen LogP contribution is -2.13. The minimum Gasteiger partial charge on any atom is -0.481 e. The highest BCUT2D eigenvalue weighted by Crippen LogP contribution is 2.29. The smallest absolute Gasteiger partial charge is 0.322 e. The van der Waals surface area contributed by atoms with Crippen LogP contribution in [0.1, 0.15) is 6.42 Å². The number of hydrogen-bond donors (Lipinski definition) is 1. The average Bonchev–Trinajstić information content (AvgIpc) is 3.12. The van der Waals surface area contributed by atoms with Crippen LogP contribution in [0.15, 0.2) is 54.7 Å². The number of imidazole rings is 1. The Labute approximate surface area is 145 Å².